The van der Waals surface area contributed by atoms with E-state index in [1.807, 2.05) is 12.1 Å². The highest BCUT2D eigenvalue weighted by molar-refractivity contribution is 5.15. The summed E-state index contributed by atoms with van der Waals surface area (Å²) in [5, 5.41) is 0. The van der Waals surface area contributed by atoms with Crippen LogP contribution in [0.15, 0.2) is 18.2 Å². The maximum atomic E-state index is 5.12. The van der Waals surface area contributed by atoms with Gasteiger partial charge in [-0.1, -0.05) is 6.07 Å². The third kappa shape index (κ3) is 2.93. The fourth-order valence-electron chi connectivity index (χ4n) is 1.89. The van der Waals surface area contributed by atoms with Gasteiger partial charge in [-0.05, 0) is 13.1 Å². The molecular weight excluding hydrogens is 202 g/mol. The maximum absolute atomic E-state index is 5.12. The van der Waals surface area contributed by atoms with Gasteiger partial charge < -0.3 is 9.64 Å². The highest BCUT2D eigenvalue weighted by Gasteiger charge is 2.14. The van der Waals surface area contributed by atoms with Gasteiger partial charge in [0, 0.05) is 38.8 Å². The number of nitrogens with zero attached hydrogens (tertiary/aromatic N) is 3. The summed E-state index contributed by atoms with van der Waals surface area (Å²) in [4.78, 5) is 9.22. The van der Waals surface area contributed by atoms with E-state index in [1.54, 1.807) is 7.11 Å². The monoisotopic (exact) mass is 221 g/mol. The Kier molecular flexibility index (Phi) is 3.74. The minimum atomic E-state index is 0.701. The number of aromatic nitrogens is 1. The molecule has 1 saturated heterocycles. The van der Waals surface area contributed by atoms with Crippen molar-refractivity contribution in [1.29, 1.82) is 0 Å². The Morgan fingerprint density at radius 2 is 2.00 bits per heavy atom. The van der Waals surface area contributed by atoms with E-state index in [-0.39, 0.29) is 0 Å². The molecule has 0 saturated carbocycles. The molecule has 16 heavy (non-hydrogen) atoms. The second-order valence-electron chi connectivity index (χ2n) is 4.25. The summed E-state index contributed by atoms with van der Waals surface area (Å²) in [5.41, 5.74) is 1.09. The molecule has 0 aromatic carbocycles. The van der Waals surface area contributed by atoms with Gasteiger partial charge in [-0.25, -0.2) is 4.98 Å². The van der Waals surface area contributed by atoms with Crippen LogP contribution in [0.2, 0.25) is 0 Å². The molecule has 1 fully saturated rings. The molecule has 4 nitrogen and oxygen atoms in total. The van der Waals surface area contributed by atoms with Crippen LogP contribution in [0.5, 0.6) is 5.88 Å². The number of ether oxygens (including phenoxy) is 1. The fourth-order valence-corrected chi connectivity index (χ4v) is 1.89. The third-order valence-electron chi connectivity index (χ3n) is 2.97. The average Bonchev–Trinajstić information content (AvgIpc) is 2.32. The third-order valence-corrected chi connectivity index (χ3v) is 2.97. The van der Waals surface area contributed by atoms with Crippen LogP contribution in [0.3, 0.4) is 0 Å². The molecule has 0 radical (unpaired) electrons. The van der Waals surface area contributed by atoms with Crippen LogP contribution in [0, 0.1) is 0 Å². The Hall–Kier alpha value is -1.13. The summed E-state index contributed by atoms with van der Waals surface area (Å²) in [6, 6.07) is 5.94. The molecule has 0 spiro atoms. The topological polar surface area (TPSA) is 28.6 Å². The smallest absolute Gasteiger partial charge is 0.213 e. The first-order chi connectivity index (χ1) is 7.78. The molecule has 0 aliphatic carbocycles. The first-order valence-corrected chi connectivity index (χ1v) is 5.69. The molecule has 0 N–H and O–H groups in total. The zero-order chi connectivity index (χ0) is 11.4. The normalized spacial score (nSPS) is 18.6. The number of likely N-dealkylation sites (N-methyl/N-ethyl adjacent to an activating group) is 1. The molecule has 88 valence electrons. The average molecular weight is 221 g/mol. The molecule has 0 unspecified atom stereocenters. The van der Waals surface area contributed by atoms with Gasteiger partial charge in [-0.3, -0.25) is 4.90 Å². The molecule has 1 aliphatic heterocycles. The number of pyridine rings is 1. The van der Waals surface area contributed by atoms with Crippen LogP contribution >= 0.6 is 0 Å². The van der Waals surface area contributed by atoms with Crippen LogP contribution in [-0.4, -0.2) is 55.1 Å². The Morgan fingerprint density at radius 1 is 1.25 bits per heavy atom. The highest BCUT2D eigenvalue weighted by Crippen LogP contribution is 2.10. The number of hydrogen-bond donors (Lipinski definition) is 0. The lowest BCUT2D eigenvalue weighted by molar-refractivity contribution is 0.146. The molecule has 1 aromatic rings. The van der Waals surface area contributed by atoms with Gasteiger partial charge >= 0.3 is 0 Å². The SMILES string of the molecule is COc1cccc(CN2CCN(C)CC2)n1. The van der Waals surface area contributed by atoms with Crippen LogP contribution in [0.1, 0.15) is 5.69 Å². The van der Waals surface area contributed by atoms with Crippen molar-refractivity contribution in [2.24, 2.45) is 0 Å². The van der Waals surface area contributed by atoms with Gasteiger partial charge in [0.1, 0.15) is 0 Å². The Bertz CT molecular complexity index is 335. The van der Waals surface area contributed by atoms with Gasteiger partial charge in [-0.15, -0.1) is 0 Å². The van der Waals surface area contributed by atoms with Gasteiger partial charge in [0.15, 0.2) is 0 Å². The van der Waals surface area contributed by atoms with E-state index >= 15 is 0 Å². The van der Waals surface area contributed by atoms with Crippen LogP contribution < -0.4 is 4.74 Å². The summed E-state index contributed by atoms with van der Waals surface area (Å²) in [6.07, 6.45) is 0. The molecule has 1 aliphatic rings. The number of hydrogen-bond acceptors (Lipinski definition) is 4. The molecular formula is C12H19N3O. The number of piperazine rings is 1. The largest absolute Gasteiger partial charge is 0.481 e. The highest BCUT2D eigenvalue weighted by atomic mass is 16.5. The lowest BCUT2D eigenvalue weighted by Crippen LogP contribution is -2.44. The van der Waals surface area contributed by atoms with Gasteiger partial charge in [-0.2, -0.15) is 0 Å². The minimum absolute atomic E-state index is 0.701. The van der Waals surface area contributed by atoms with Crippen molar-refractivity contribution >= 4 is 0 Å². The first kappa shape index (κ1) is 11.4. The predicted molar refractivity (Wildman–Crippen MR) is 63.6 cm³/mol. The Balaban J connectivity index is 1.93. The van der Waals surface area contributed by atoms with Gasteiger partial charge in [0.25, 0.3) is 0 Å². The lowest BCUT2D eigenvalue weighted by atomic mass is 10.3. The van der Waals surface area contributed by atoms with Crippen LogP contribution in [0.25, 0.3) is 0 Å². The summed E-state index contributed by atoms with van der Waals surface area (Å²) in [6.45, 7) is 5.45. The summed E-state index contributed by atoms with van der Waals surface area (Å²) in [5.74, 6) is 0.701. The van der Waals surface area contributed by atoms with Gasteiger partial charge in [0.2, 0.25) is 5.88 Å². The Morgan fingerprint density at radius 3 is 2.69 bits per heavy atom. The van der Waals surface area contributed by atoms with E-state index in [0.717, 1.165) is 38.4 Å². The van der Waals surface area contributed by atoms with Crippen molar-refractivity contribution in [3.05, 3.63) is 23.9 Å². The van der Waals surface area contributed by atoms with E-state index in [1.165, 1.54) is 0 Å². The predicted octanol–water partition coefficient (Wildman–Crippen LogP) is 0.838. The van der Waals surface area contributed by atoms with E-state index in [9.17, 15) is 0 Å². The van der Waals surface area contributed by atoms with E-state index < -0.39 is 0 Å². The second kappa shape index (κ2) is 5.27. The van der Waals surface area contributed by atoms with Crippen molar-refractivity contribution in [1.82, 2.24) is 14.8 Å². The number of rotatable bonds is 3. The van der Waals surface area contributed by atoms with Crippen molar-refractivity contribution in [2.75, 3.05) is 40.3 Å². The maximum Gasteiger partial charge on any atom is 0.213 e. The van der Waals surface area contributed by atoms with Crippen molar-refractivity contribution in [3.8, 4) is 5.88 Å². The fraction of sp³-hybridized carbons (Fsp3) is 0.583. The summed E-state index contributed by atoms with van der Waals surface area (Å²) in [7, 11) is 3.82. The zero-order valence-corrected chi connectivity index (χ0v) is 10.0. The molecule has 1 aromatic heterocycles. The zero-order valence-electron chi connectivity index (χ0n) is 10.0. The lowest BCUT2D eigenvalue weighted by Gasteiger charge is -2.32. The quantitative estimate of drug-likeness (QED) is 0.756. The minimum Gasteiger partial charge on any atom is -0.481 e. The van der Waals surface area contributed by atoms with Crippen molar-refractivity contribution in [3.63, 3.8) is 0 Å². The molecule has 2 heterocycles. The molecule has 0 atom stereocenters. The first-order valence-electron chi connectivity index (χ1n) is 5.69. The van der Waals surface area contributed by atoms with E-state index in [4.69, 9.17) is 4.74 Å². The van der Waals surface area contributed by atoms with Crippen molar-refractivity contribution in [2.45, 2.75) is 6.54 Å². The van der Waals surface area contributed by atoms with E-state index in [0.29, 0.717) is 5.88 Å². The molecule has 0 amide bonds. The standard InChI is InChI=1S/C12H19N3O/c1-14-6-8-15(9-7-14)10-11-4-3-5-12(13-11)16-2/h3-5H,6-10H2,1-2H3. The van der Waals surface area contributed by atoms with Crippen LogP contribution in [0.4, 0.5) is 0 Å². The molecule has 4 heteroatoms. The van der Waals surface area contributed by atoms with E-state index in [2.05, 4.69) is 27.9 Å². The van der Waals surface area contributed by atoms with Crippen LogP contribution in [-0.2, 0) is 6.54 Å². The molecule has 2 rings (SSSR count). The van der Waals surface area contributed by atoms with Gasteiger partial charge in [0.05, 0.1) is 12.8 Å². The summed E-state index contributed by atoms with van der Waals surface area (Å²) >= 11 is 0. The van der Waals surface area contributed by atoms with Crippen molar-refractivity contribution < 1.29 is 4.74 Å². The Labute approximate surface area is 96.8 Å². The number of methoxy groups -OCH3 is 1. The molecule has 0 bridgehead atoms. The summed E-state index contributed by atoms with van der Waals surface area (Å²) < 4.78 is 5.12. The second-order valence-corrected chi connectivity index (χ2v) is 4.25.